The second-order valence-corrected chi connectivity index (χ2v) is 6.44. The molecule has 5 heteroatoms. The quantitative estimate of drug-likeness (QED) is 0.784. The van der Waals surface area contributed by atoms with E-state index in [-0.39, 0.29) is 17.9 Å². The first-order valence-electron chi connectivity index (χ1n) is 6.78. The maximum Gasteiger partial charge on any atom is 0.408 e. The molecule has 19 heavy (non-hydrogen) atoms. The Morgan fingerprint density at radius 2 is 1.84 bits per heavy atom. The minimum Gasteiger partial charge on any atom is -0.469 e. The normalized spacial score (nSPS) is 27.7. The van der Waals surface area contributed by atoms with Crippen LogP contribution in [0.5, 0.6) is 0 Å². The summed E-state index contributed by atoms with van der Waals surface area (Å²) >= 11 is 0. The number of nitrogens with zero attached hydrogens (tertiary/aromatic N) is 1. The molecule has 1 amide bonds. The van der Waals surface area contributed by atoms with Gasteiger partial charge < -0.3 is 9.84 Å². The van der Waals surface area contributed by atoms with Gasteiger partial charge in [0.05, 0.1) is 13.0 Å². The maximum absolute atomic E-state index is 11.9. The molecule has 0 aliphatic heterocycles. The zero-order valence-electron chi connectivity index (χ0n) is 12.5. The van der Waals surface area contributed by atoms with Crippen LogP contribution in [0.25, 0.3) is 0 Å². The van der Waals surface area contributed by atoms with Gasteiger partial charge in [-0.2, -0.15) is 0 Å². The predicted octanol–water partition coefficient (Wildman–Crippen LogP) is 2.74. The number of hydrogen-bond donors (Lipinski definition) is 1. The molecule has 1 aliphatic carbocycles. The molecule has 0 aromatic carbocycles. The highest BCUT2D eigenvalue weighted by Gasteiger charge is 2.43. The van der Waals surface area contributed by atoms with Gasteiger partial charge >= 0.3 is 12.1 Å². The van der Waals surface area contributed by atoms with Gasteiger partial charge in [0, 0.05) is 11.6 Å². The van der Waals surface area contributed by atoms with Crippen LogP contribution in [0.15, 0.2) is 0 Å². The van der Waals surface area contributed by atoms with Gasteiger partial charge in [-0.3, -0.25) is 9.69 Å². The van der Waals surface area contributed by atoms with Gasteiger partial charge in [-0.05, 0) is 46.0 Å². The van der Waals surface area contributed by atoms with E-state index in [4.69, 9.17) is 4.74 Å². The Morgan fingerprint density at radius 3 is 2.26 bits per heavy atom. The summed E-state index contributed by atoms with van der Waals surface area (Å²) in [5, 5.41) is 9.47. The van der Waals surface area contributed by atoms with E-state index in [0.717, 1.165) is 6.42 Å². The molecule has 0 heterocycles. The number of carbonyl (C=O) groups is 2. The molecule has 1 aliphatic rings. The molecule has 0 aromatic rings. The van der Waals surface area contributed by atoms with Gasteiger partial charge in [0.15, 0.2) is 0 Å². The summed E-state index contributed by atoms with van der Waals surface area (Å²) < 4.78 is 4.85. The molecule has 5 nitrogen and oxygen atoms in total. The molecule has 1 rings (SSSR count). The van der Waals surface area contributed by atoms with Crippen LogP contribution in [0.1, 0.15) is 47.0 Å². The molecule has 1 unspecified atom stereocenters. The van der Waals surface area contributed by atoms with Crippen LogP contribution in [0.3, 0.4) is 0 Å². The topological polar surface area (TPSA) is 66.8 Å². The van der Waals surface area contributed by atoms with Gasteiger partial charge in [0.2, 0.25) is 0 Å². The molecule has 0 saturated heterocycles. The Bertz CT molecular complexity index is 348. The third-order valence-electron chi connectivity index (χ3n) is 3.84. The summed E-state index contributed by atoms with van der Waals surface area (Å²) in [5.74, 6) is -0.230. The number of hydrogen-bond acceptors (Lipinski definition) is 3. The van der Waals surface area contributed by atoms with Crippen molar-refractivity contribution in [2.75, 3.05) is 7.11 Å². The van der Waals surface area contributed by atoms with Crippen molar-refractivity contribution in [1.82, 2.24) is 4.90 Å². The first kappa shape index (κ1) is 15.8. The lowest BCUT2D eigenvalue weighted by molar-refractivity contribution is -0.150. The average Bonchev–Trinajstić information content (AvgIpc) is 2.28. The van der Waals surface area contributed by atoms with Crippen molar-refractivity contribution in [1.29, 1.82) is 0 Å². The van der Waals surface area contributed by atoms with Gasteiger partial charge in [0.1, 0.15) is 0 Å². The Kier molecular flexibility index (Phi) is 4.82. The summed E-state index contributed by atoms with van der Waals surface area (Å²) in [5.41, 5.74) is -0.524. The van der Waals surface area contributed by atoms with Crippen LogP contribution in [-0.2, 0) is 9.53 Å². The molecule has 1 N–H and O–H groups in total. The van der Waals surface area contributed by atoms with E-state index in [2.05, 4.69) is 6.92 Å². The highest BCUT2D eigenvalue weighted by atomic mass is 16.5. The van der Waals surface area contributed by atoms with Gasteiger partial charge in [0.25, 0.3) is 0 Å². The standard InChI is InChI=1S/C14H25NO4/c1-9-6-7-11(10(8-9)12(16)19-5)15(13(17)18)14(2,3)4/h9-11H,6-8H2,1-5H3,(H,17,18)/t9?,10-,11+/m0/s1. The van der Waals surface area contributed by atoms with Crippen LogP contribution in [0.4, 0.5) is 4.79 Å². The highest BCUT2D eigenvalue weighted by Crippen LogP contribution is 2.36. The fourth-order valence-corrected chi connectivity index (χ4v) is 3.00. The molecule has 110 valence electrons. The third kappa shape index (κ3) is 3.61. The van der Waals surface area contributed by atoms with E-state index in [1.165, 1.54) is 12.0 Å². The van der Waals surface area contributed by atoms with Gasteiger partial charge in [-0.15, -0.1) is 0 Å². The van der Waals surface area contributed by atoms with Gasteiger partial charge in [-0.1, -0.05) is 6.92 Å². The Morgan fingerprint density at radius 1 is 1.26 bits per heavy atom. The monoisotopic (exact) mass is 271 g/mol. The number of rotatable bonds is 2. The molecule has 1 fully saturated rings. The SMILES string of the molecule is COC(=O)[C@H]1CC(C)CC[C@H]1N(C(=O)O)C(C)(C)C. The molecule has 0 bridgehead atoms. The maximum atomic E-state index is 11.9. The summed E-state index contributed by atoms with van der Waals surface area (Å²) in [4.78, 5) is 24.9. The summed E-state index contributed by atoms with van der Waals surface area (Å²) in [6.45, 7) is 7.66. The van der Waals surface area contributed by atoms with E-state index in [0.29, 0.717) is 18.8 Å². The Hall–Kier alpha value is -1.26. The zero-order chi connectivity index (χ0) is 14.8. The van der Waals surface area contributed by atoms with Crippen molar-refractivity contribution in [3.8, 4) is 0 Å². The van der Waals surface area contributed by atoms with Crippen molar-refractivity contribution in [3.63, 3.8) is 0 Å². The van der Waals surface area contributed by atoms with Crippen molar-refractivity contribution in [3.05, 3.63) is 0 Å². The van der Waals surface area contributed by atoms with Crippen molar-refractivity contribution in [2.45, 2.75) is 58.5 Å². The minimum absolute atomic E-state index is 0.291. The molecule has 0 spiro atoms. The lowest BCUT2D eigenvalue weighted by Gasteiger charge is -2.45. The molecule has 0 aromatic heterocycles. The summed E-state index contributed by atoms with van der Waals surface area (Å²) in [7, 11) is 1.36. The Labute approximate surface area is 114 Å². The van der Waals surface area contributed by atoms with Crippen LogP contribution < -0.4 is 0 Å². The van der Waals surface area contributed by atoms with Gasteiger partial charge in [-0.25, -0.2) is 4.79 Å². The largest absolute Gasteiger partial charge is 0.469 e. The number of ether oxygens (including phenoxy) is 1. The molecular formula is C14H25NO4. The number of carbonyl (C=O) groups excluding carboxylic acids is 1. The van der Waals surface area contributed by atoms with Crippen LogP contribution in [0.2, 0.25) is 0 Å². The summed E-state index contributed by atoms with van der Waals surface area (Å²) in [6, 6.07) is -0.291. The van der Waals surface area contributed by atoms with Crippen molar-refractivity contribution in [2.24, 2.45) is 11.8 Å². The molecule has 1 saturated carbocycles. The first-order chi connectivity index (χ1) is 8.68. The lowest BCUT2D eigenvalue weighted by atomic mass is 9.77. The summed E-state index contributed by atoms with van der Waals surface area (Å²) in [6.07, 6.45) is 1.38. The molecular weight excluding hydrogens is 246 g/mol. The minimum atomic E-state index is -0.971. The molecule has 3 atom stereocenters. The number of amides is 1. The van der Waals surface area contributed by atoms with E-state index >= 15 is 0 Å². The van der Waals surface area contributed by atoms with E-state index in [9.17, 15) is 14.7 Å². The van der Waals surface area contributed by atoms with Crippen molar-refractivity contribution < 1.29 is 19.4 Å². The lowest BCUT2D eigenvalue weighted by Crippen LogP contribution is -2.56. The Balaban J connectivity index is 3.04. The predicted molar refractivity (Wildman–Crippen MR) is 71.9 cm³/mol. The smallest absolute Gasteiger partial charge is 0.408 e. The number of carboxylic acid groups (broad SMARTS) is 1. The van der Waals surface area contributed by atoms with Crippen LogP contribution in [0, 0.1) is 11.8 Å². The molecule has 0 radical (unpaired) electrons. The number of esters is 1. The van der Waals surface area contributed by atoms with Crippen molar-refractivity contribution >= 4 is 12.1 Å². The highest BCUT2D eigenvalue weighted by molar-refractivity contribution is 5.75. The second kappa shape index (κ2) is 5.80. The van der Waals surface area contributed by atoms with E-state index < -0.39 is 11.6 Å². The van der Waals surface area contributed by atoms with E-state index in [1.54, 1.807) is 0 Å². The fourth-order valence-electron chi connectivity index (χ4n) is 3.00. The average molecular weight is 271 g/mol. The fraction of sp³-hybridized carbons (Fsp3) is 0.857. The van der Waals surface area contributed by atoms with E-state index in [1.807, 2.05) is 20.8 Å². The third-order valence-corrected chi connectivity index (χ3v) is 3.84. The second-order valence-electron chi connectivity index (χ2n) is 6.44. The first-order valence-corrected chi connectivity index (χ1v) is 6.78. The number of methoxy groups -OCH3 is 1. The van der Waals surface area contributed by atoms with Crippen LogP contribution >= 0.6 is 0 Å². The zero-order valence-corrected chi connectivity index (χ0v) is 12.5. The van der Waals surface area contributed by atoms with Crippen LogP contribution in [-0.4, -0.2) is 40.8 Å².